The van der Waals surface area contributed by atoms with Gasteiger partial charge < -0.3 is 16.2 Å². The summed E-state index contributed by atoms with van der Waals surface area (Å²) >= 11 is 0. The minimum atomic E-state index is -0.728. The van der Waals surface area contributed by atoms with Crippen molar-refractivity contribution in [2.45, 2.75) is 31.7 Å². The highest BCUT2D eigenvalue weighted by atomic mass is 16.4. The van der Waals surface area contributed by atoms with E-state index in [-0.39, 0.29) is 12.0 Å². The highest BCUT2D eigenvalue weighted by Gasteiger charge is 2.26. The number of carboxylic acids is 1. The summed E-state index contributed by atoms with van der Waals surface area (Å²) in [5.41, 5.74) is 5.65. The second-order valence-corrected chi connectivity index (χ2v) is 4.79. The van der Waals surface area contributed by atoms with Crippen LogP contribution in [0.25, 0.3) is 0 Å². The van der Waals surface area contributed by atoms with Gasteiger partial charge in [0.05, 0.1) is 11.5 Å². The Morgan fingerprint density at radius 2 is 2.00 bits per heavy atom. The lowest BCUT2D eigenvalue weighted by Gasteiger charge is -2.27. The molecular weight excluding hydrogens is 246 g/mol. The Bertz CT molecular complexity index is 482. The van der Waals surface area contributed by atoms with Crippen LogP contribution in [-0.2, 0) is 4.79 Å². The molecule has 102 valence electrons. The van der Waals surface area contributed by atoms with Gasteiger partial charge >= 0.3 is 5.97 Å². The van der Waals surface area contributed by atoms with Crippen molar-refractivity contribution in [1.82, 2.24) is 4.98 Å². The Morgan fingerprint density at radius 1 is 1.32 bits per heavy atom. The van der Waals surface area contributed by atoms with Crippen molar-refractivity contribution in [2.75, 3.05) is 5.32 Å². The molecule has 1 aromatic heterocycles. The molecule has 1 aromatic rings. The maximum Gasteiger partial charge on any atom is 0.306 e. The van der Waals surface area contributed by atoms with Gasteiger partial charge in [0.15, 0.2) is 0 Å². The fourth-order valence-corrected chi connectivity index (χ4v) is 2.40. The zero-order chi connectivity index (χ0) is 13.8. The fourth-order valence-electron chi connectivity index (χ4n) is 2.40. The molecule has 0 bridgehead atoms. The standard InChI is InChI=1S/C13H17N3O3/c14-11(17)10-2-1-7-15-12(10)16-9-5-3-8(4-6-9)13(18)19/h1-2,7-9H,3-6H2,(H2,14,17)(H,15,16)(H,18,19). The van der Waals surface area contributed by atoms with Crippen molar-refractivity contribution in [3.63, 3.8) is 0 Å². The van der Waals surface area contributed by atoms with E-state index < -0.39 is 11.9 Å². The Morgan fingerprint density at radius 3 is 2.58 bits per heavy atom. The third kappa shape index (κ3) is 3.21. The number of carbonyl (C=O) groups excluding carboxylic acids is 1. The van der Waals surface area contributed by atoms with Crippen molar-refractivity contribution in [2.24, 2.45) is 11.7 Å². The normalized spacial score (nSPS) is 22.7. The van der Waals surface area contributed by atoms with Gasteiger partial charge in [0.25, 0.3) is 5.91 Å². The summed E-state index contributed by atoms with van der Waals surface area (Å²) in [4.78, 5) is 26.3. The minimum absolute atomic E-state index is 0.142. The summed E-state index contributed by atoms with van der Waals surface area (Å²) in [5, 5.41) is 12.1. The third-order valence-corrected chi connectivity index (χ3v) is 3.49. The monoisotopic (exact) mass is 263 g/mol. The summed E-state index contributed by atoms with van der Waals surface area (Å²) in [6.45, 7) is 0. The summed E-state index contributed by atoms with van der Waals surface area (Å²) in [5.74, 6) is -1.02. The molecule has 6 nitrogen and oxygen atoms in total. The molecule has 0 saturated heterocycles. The van der Waals surface area contributed by atoms with Crippen LogP contribution in [-0.4, -0.2) is 28.0 Å². The number of anilines is 1. The maximum atomic E-state index is 11.3. The predicted molar refractivity (Wildman–Crippen MR) is 69.8 cm³/mol. The maximum absolute atomic E-state index is 11.3. The molecular formula is C13H17N3O3. The van der Waals surface area contributed by atoms with E-state index in [0.29, 0.717) is 24.2 Å². The lowest BCUT2D eigenvalue weighted by Crippen LogP contribution is -2.30. The first kappa shape index (κ1) is 13.3. The van der Waals surface area contributed by atoms with Crippen LogP contribution >= 0.6 is 0 Å². The number of hydrogen-bond donors (Lipinski definition) is 3. The highest BCUT2D eigenvalue weighted by molar-refractivity contribution is 5.97. The average Bonchev–Trinajstić information content (AvgIpc) is 2.39. The molecule has 0 aliphatic heterocycles. The molecule has 1 fully saturated rings. The number of nitrogens with one attached hydrogen (secondary N) is 1. The summed E-state index contributed by atoms with van der Waals surface area (Å²) in [6, 6.07) is 3.43. The number of rotatable bonds is 4. The molecule has 1 heterocycles. The van der Waals surface area contributed by atoms with E-state index in [1.807, 2.05) is 0 Å². The third-order valence-electron chi connectivity index (χ3n) is 3.49. The summed E-state index contributed by atoms with van der Waals surface area (Å²) in [6.07, 6.45) is 4.40. The number of aliphatic carboxylic acids is 1. The molecule has 1 saturated carbocycles. The van der Waals surface area contributed by atoms with Crippen LogP contribution in [0.1, 0.15) is 36.0 Å². The van der Waals surface area contributed by atoms with Gasteiger partial charge in [0.2, 0.25) is 0 Å². The lowest BCUT2D eigenvalue weighted by atomic mass is 9.86. The van der Waals surface area contributed by atoms with Gasteiger partial charge in [0, 0.05) is 12.2 Å². The average molecular weight is 263 g/mol. The molecule has 1 amide bonds. The number of primary amides is 1. The van der Waals surface area contributed by atoms with Crippen molar-refractivity contribution in [3.05, 3.63) is 23.9 Å². The lowest BCUT2D eigenvalue weighted by molar-refractivity contribution is -0.142. The van der Waals surface area contributed by atoms with Crippen molar-refractivity contribution in [1.29, 1.82) is 0 Å². The van der Waals surface area contributed by atoms with Gasteiger partial charge in [-0.3, -0.25) is 9.59 Å². The number of nitrogens with two attached hydrogens (primary N) is 1. The van der Waals surface area contributed by atoms with Crippen LogP contribution in [0, 0.1) is 5.92 Å². The van der Waals surface area contributed by atoms with E-state index in [2.05, 4.69) is 10.3 Å². The van der Waals surface area contributed by atoms with Crippen molar-refractivity contribution >= 4 is 17.7 Å². The van der Waals surface area contributed by atoms with Crippen LogP contribution in [0.15, 0.2) is 18.3 Å². The first-order valence-electron chi connectivity index (χ1n) is 6.32. The molecule has 1 aliphatic carbocycles. The Kier molecular flexibility index (Phi) is 3.99. The minimum Gasteiger partial charge on any atom is -0.481 e. The number of hydrogen-bond acceptors (Lipinski definition) is 4. The Hall–Kier alpha value is -2.11. The number of nitrogens with zero attached hydrogens (tertiary/aromatic N) is 1. The first-order chi connectivity index (χ1) is 9.08. The molecule has 1 aliphatic rings. The smallest absolute Gasteiger partial charge is 0.306 e. The summed E-state index contributed by atoms with van der Waals surface area (Å²) in [7, 11) is 0. The van der Waals surface area contributed by atoms with Gasteiger partial charge in [-0.05, 0) is 37.8 Å². The van der Waals surface area contributed by atoms with Crippen LogP contribution < -0.4 is 11.1 Å². The Labute approximate surface area is 111 Å². The molecule has 0 atom stereocenters. The Balaban J connectivity index is 2.00. The van der Waals surface area contributed by atoms with E-state index in [9.17, 15) is 9.59 Å². The van der Waals surface area contributed by atoms with E-state index in [4.69, 9.17) is 10.8 Å². The zero-order valence-electron chi connectivity index (χ0n) is 10.5. The number of carbonyl (C=O) groups is 2. The van der Waals surface area contributed by atoms with Crippen LogP contribution in [0.2, 0.25) is 0 Å². The van der Waals surface area contributed by atoms with Crippen LogP contribution in [0.4, 0.5) is 5.82 Å². The molecule has 6 heteroatoms. The predicted octanol–water partition coefficient (Wildman–Crippen LogP) is 1.24. The van der Waals surface area contributed by atoms with Crippen LogP contribution in [0.5, 0.6) is 0 Å². The van der Waals surface area contributed by atoms with Gasteiger partial charge in [-0.15, -0.1) is 0 Å². The topological polar surface area (TPSA) is 105 Å². The first-order valence-corrected chi connectivity index (χ1v) is 6.32. The fraction of sp³-hybridized carbons (Fsp3) is 0.462. The van der Waals surface area contributed by atoms with Gasteiger partial charge in [-0.2, -0.15) is 0 Å². The molecule has 19 heavy (non-hydrogen) atoms. The second kappa shape index (κ2) is 5.69. The number of carboxylic acid groups (broad SMARTS) is 1. The molecule has 0 spiro atoms. The van der Waals surface area contributed by atoms with E-state index in [0.717, 1.165) is 12.8 Å². The SMILES string of the molecule is NC(=O)c1cccnc1NC1CCC(C(=O)O)CC1. The van der Waals surface area contributed by atoms with E-state index in [1.54, 1.807) is 18.3 Å². The molecule has 0 unspecified atom stereocenters. The van der Waals surface area contributed by atoms with Crippen molar-refractivity contribution in [3.8, 4) is 0 Å². The van der Waals surface area contributed by atoms with Crippen molar-refractivity contribution < 1.29 is 14.7 Å². The largest absolute Gasteiger partial charge is 0.481 e. The number of amides is 1. The molecule has 0 aromatic carbocycles. The highest BCUT2D eigenvalue weighted by Crippen LogP contribution is 2.27. The molecule has 0 radical (unpaired) electrons. The molecule has 2 rings (SSSR count). The van der Waals surface area contributed by atoms with Crippen LogP contribution in [0.3, 0.4) is 0 Å². The summed E-state index contributed by atoms with van der Waals surface area (Å²) < 4.78 is 0. The zero-order valence-corrected chi connectivity index (χ0v) is 10.5. The molecule has 4 N–H and O–H groups in total. The van der Waals surface area contributed by atoms with E-state index in [1.165, 1.54) is 0 Å². The van der Waals surface area contributed by atoms with Gasteiger partial charge in [-0.1, -0.05) is 0 Å². The van der Waals surface area contributed by atoms with Gasteiger partial charge in [0.1, 0.15) is 5.82 Å². The number of aromatic nitrogens is 1. The second-order valence-electron chi connectivity index (χ2n) is 4.79. The number of pyridine rings is 1. The quantitative estimate of drug-likeness (QED) is 0.757. The van der Waals surface area contributed by atoms with E-state index >= 15 is 0 Å². The van der Waals surface area contributed by atoms with Gasteiger partial charge in [-0.25, -0.2) is 4.98 Å².